The highest BCUT2D eigenvalue weighted by Crippen LogP contribution is 2.37. The van der Waals surface area contributed by atoms with Gasteiger partial charge in [-0.15, -0.1) is 0 Å². The van der Waals surface area contributed by atoms with Crippen LogP contribution in [0.5, 0.6) is 0 Å². The Hall–Kier alpha value is -0.643. The zero-order valence-corrected chi connectivity index (χ0v) is 16.1. The van der Waals surface area contributed by atoms with Gasteiger partial charge in [-0.25, -0.2) is 0 Å². The van der Waals surface area contributed by atoms with Crippen LogP contribution in [0.3, 0.4) is 0 Å². The molecule has 2 nitrogen and oxygen atoms in total. The third kappa shape index (κ3) is 4.67. The van der Waals surface area contributed by atoms with Crippen LogP contribution in [0.25, 0.3) is 0 Å². The minimum Gasteiger partial charge on any atom is -0.415 e. The van der Waals surface area contributed by atoms with Gasteiger partial charge in [-0.1, -0.05) is 57.5 Å². The predicted octanol–water partition coefficient (Wildman–Crippen LogP) is 5.06. The molecule has 3 heteroatoms. The van der Waals surface area contributed by atoms with Gasteiger partial charge in [-0.05, 0) is 43.1 Å². The van der Waals surface area contributed by atoms with Crippen LogP contribution >= 0.6 is 0 Å². The highest BCUT2D eigenvalue weighted by atomic mass is 28.4. The Morgan fingerprint density at radius 2 is 1.82 bits per heavy atom. The first-order chi connectivity index (χ1) is 10.3. The fourth-order valence-corrected chi connectivity index (χ4v) is 3.84. The molecule has 0 bridgehead atoms. The Kier molecular flexibility index (Phi) is 5.86. The van der Waals surface area contributed by atoms with E-state index < -0.39 is 8.32 Å². The van der Waals surface area contributed by atoms with Crippen molar-refractivity contribution < 1.29 is 4.43 Å². The minimum atomic E-state index is -1.64. The quantitative estimate of drug-likeness (QED) is 0.703. The van der Waals surface area contributed by atoms with Crippen LogP contribution in [0.1, 0.15) is 45.6 Å². The van der Waals surface area contributed by atoms with Crippen molar-refractivity contribution in [1.82, 2.24) is 4.90 Å². The molecular weight excluding hydrogens is 286 g/mol. The average molecular weight is 320 g/mol. The van der Waals surface area contributed by atoms with Gasteiger partial charge in [0.2, 0.25) is 0 Å². The summed E-state index contributed by atoms with van der Waals surface area (Å²) in [5, 5.41) is 0.298. The Morgan fingerprint density at radius 3 is 2.45 bits per heavy atom. The molecule has 1 saturated heterocycles. The number of hydrogen-bond donors (Lipinski definition) is 0. The van der Waals surface area contributed by atoms with E-state index in [0.29, 0.717) is 11.1 Å². The van der Waals surface area contributed by atoms with Gasteiger partial charge in [0, 0.05) is 19.2 Å². The third-order valence-electron chi connectivity index (χ3n) is 5.42. The van der Waals surface area contributed by atoms with Crippen LogP contribution in [0.15, 0.2) is 30.3 Å². The maximum atomic E-state index is 6.50. The van der Waals surface area contributed by atoms with E-state index in [1.165, 1.54) is 31.4 Å². The van der Waals surface area contributed by atoms with Gasteiger partial charge in [0.15, 0.2) is 8.32 Å². The second-order valence-electron chi connectivity index (χ2n) is 8.18. The van der Waals surface area contributed by atoms with Gasteiger partial charge in [-0.3, -0.25) is 4.90 Å². The minimum absolute atomic E-state index is 0.298. The molecule has 1 atom stereocenters. The summed E-state index contributed by atoms with van der Waals surface area (Å²) in [6, 6.07) is 11.4. The average Bonchev–Trinajstić information content (AvgIpc) is 2.46. The first kappa shape index (κ1) is 17.7. The number of rotatable bonds is 5. The largest absolute Gasteiger partial charge is 0.415 e. The van der Waals surface area contributed by atoms with Crippen LogP contribution in [0.4, 0.5) is 0 Å². The molecule has 1 heterocycles. The summed E-state index contributed by atoms with van der Waals surface area (Å²) in [4.78, 5) is 2.63. The van der Waals surface area contributed by atoms with Crippen molar-refractivity contribution in [2.24, 2.45) is 0 Å². The fraction of sp³-hybridized carbons (Fsp3) is 0.684. The molecule has 22 heavy (non-hydrogen) atoms. The molecule has 0 amide bonds. The predicted molar refractivity (Wildman–Crippen MR) is 97.6 cm³/mol. The molecule has 1 unspecified atom stereocenters. The van der Waals surface area contributed by atoms with Crippen LogP contribution in [-0.4, -0.2) is 32.4 Å². The van der Waals surface area contributed by atoms with Crippen molar-refractivity contribution in [3.05, 3.63) is 35.9 Å². The van der Waals surface area contributed by atoms with E-state index in [1.807, 2.05) is 0 Å². The lowest BCUT2D eigenvalue weighted by Gasteiger charge is -2.41. The highest BCUT2D eigenvalue weighted by Gasteiger charge is 2.38. The molecule has 0 aromatic heterocycles. The van der Waals surface area contributed by atoms with E-state index in [9.17, 15) is 0 Å². The fourth-order valence-electron chi connectivity index (χ4n) is 2.80. The van der Waals surface area contributed by atoms with Gasteiger partial charge >= 0.3 is 0 Å². The van der Waals surface area contributed by atoms with Crippen molar-refractivity contribution in [3.8, 4) is 0 Å². The van der Waals surface area contributed by atoms with Gasteiger partial charge < -0.3 is 4.43 Å². The first-order valence-electron chi connectivity index (χ1n) is 8.71. The molecule has 0 radical (unpaired) electrons. The summed E-state index contributed by atoms with van der Waals surface area (Å²) in [5.41, 5.74) is 1.42. The summed E-state index contributed by atoms with van der Waals surface area (Å²) in [5.74, 6) is 0. The molecule has 0 saturated carbocycles. The van der Waals surface area contributed by atoms with Crippen molar-refractivity contribution in [2.75, 3.05) is 13.2 Å². The zero-order valence-electron chi connectivity index (χ0n) is 15.1. The van der Waals surface area contributed by atoms with Gasteiger partial charge in [-0.2, -0.15) is 0 Å². The Labute approximate surface area is 138 Å². The van der Waals surface area contributed by atoms with Crippen LogP contribution in [-0.2, 0) is 11.0 Å². The molecular formula is C19H33NOSi. The van der Waals surface area contributed by atoms with E-state index in [2.05, 4.69) is 69.1 Å². The summed E-state index contributed by atoms with van der Waals surface area (Å²) in [6.45, 7) is 14.9. The summed E-state index contributed by atoms with van der Waals surface area (Å²) >= 11 is 0. The van der Waals surface area contributed by atoms with Crippen molar-refractivity contribution in [2.45, 2.75) is 70.8 Å². The molecule has 1 aliphatic heterocycles. The summed E-state index contributed by atoms with van der Waals surface area (Å²) in [6.07, 6.45) is 3.95. The highest BCUT2D eigenvalue weighted by molar-refractivity contribution is 6.74. The van der Waals surface area contributed by atoms with E-state index in [-0.39, 0.29) is 0 Å². The van der Waals surface area contributed by atoms with Crippen LogP contribution in [0.2, 0.25) is 18.1 Å². The van der Waals surface area contributed by atoms with E-state index in [4.69, 9.17) is 4.43 Å². The molecule has 0 aliphatic carbocycles. The molecule has 1 aromatic rings. The van der Waals surface area contributed by atoms with Crippen molar-refractivity contribution >= 4 is 8.32 Å². The number of piperidine rings is 1. The van der Waals surface area contributed by atoms with E-state index >= 15 is 0 Å². The van der Waals surface area contributed by atoms with Crippen LogP contribution < -0.4 is 0 Å². The van der Waals surface area contributed by atoms with E-state index in [1.54, 1.807) is 0 Å². The lowest BCUT2D eigenvalue weighted by molar-refractivity contribution is 0.0878. The Balaban J connectivity index is 1.95. The second kappa shape index (κ2) is 7.29. The Morgan fingerprint density at radius 1 is 1.14 bits per heavy atom. The smallest absolute Gasteiger partial charge is 0.192 e. The molecule has 1 fully saturated rings. The summed E-state index contributed by atoms with van der Waals surface area (Å²) < 4.78 is 6.50. The molecule has 124 valence electrons. The van der Waals surface area contributed by atoms with Crippen molar-refractivity contribution in [1.29, 1.82) is 0 Å². The normalized spacial score (nSPS) is 21.0. The SMILES string of the molecule is CC(C)(C)[Si](C)(C)OCC1CCCCN1Cc1ccccc1. The van der Waals surface area contributed by atoms with Crippen LogP contribution in [0, 0.1) is 0 Å². The van der Waals surface area contributed by atoms with Crippen molar-refractivity contribution in [3.63, 3.8) is 0 Å². The summed E-state index contributed by atoms with van der Waals surface area (Å²) in [7, 11) is -1.64. The molecule has 1 aromatic carbocycles. The number of hydrogen-bond acceptors (Lipinski definition) is 2. The zero-order chi connectivity index (χ0) is 16.2. The van der Waals surface area contributed by atoms with Gasteiger partial charge in [0.05, 0.1) is 0 Å². The van der Waals surface area contributed by atoms with E-state index in [0.717, 1.165) is 13.2 Å². The van der Waals surface area contributed by atoms with Gasteiger partial charge in [0.25, 0.3) is 0 Å². The number of likely N-dealkylation sites (tertiary alicyclic amines) is 1. The molecule has 2 rings (SSSR count). The van der Waals surface area contributed by atoms with Gasteiger partial charge in [0.1, 0.15) is 0 Å². The topological polar surface area (TPSA) is 12.5 Å². The molecule has 1 aliphatic rings. The standard InChI is InChI=1S/C19H33NOSi/c1-19(2,3)22(4,5)21-16-18-13-9-10-14-20(18)15-17-11-7-6-8-12-17/h6-8,11-12,18H,9-10,13-16H2,1-5H3. The number of nitrogens with zero attached hydrogens (tertiary/aromatic N) is 1. The molecule has 0 N–H and O–H groups in total. The lowest BCUT2D eigenvalue weighted by atomic mass is 10.0. The maximum absolute atomic E-state index is 6.50. The number of benzene rings is 1. The first-order valence-corrected chi connectivity index (χ1v) is 11.6. The monoisotopic (exact) mass is 319 g/mol. The maximum Gasteiger partial charge on any atom is 0.192 e. The lowest BCUT2D eigenvalue weighted by Crippen LogP contribution is -2.47. The second-order valence-corrected chi connectivity index (χ2v) is 13.0. The Bertz CT molecular complexity index is 452. The third-order valence-corrected chi connectivity index (χ3v) is 9.92. The molecule has 0 spiro atoms.